The molecule has 1 aromatic carbocycles. The standard InChI is InChI=1S/C22H27ClNO3PS/c1-14(2)24(28(7,27)19-9-8-16(23)12-15(19)3)18-13-17(10-11-22(4,5)6)29-20(18)21(25)26/h8-9,12-14H,1-7H3,(H,25,26). The predicted molar refractivity (Wildman–Crippen MR) is 125 cm³/mol. The van der Waals surface area contributed by atoms with E-state index in [-0.39, 0.29) is 16.3 Å². The van der Waals surface area contributed by atoms with Crippen molar-refractivity contribution in [2.24, 2.45) is 5.41 Å². The molecular formula is C22H27ClNO3PS. The largest absolute Gasteiger partial charge is 0.477 e. The molecule has 1 unspecified atom stereocenters. The van der Waals surface area contributed by atoms with Crippen molar-refractivity contribution in [2.75, 3.05) is 11.3 Å². The molecule has 1 atom stereocenters. The van der Waals surface area contributed by atoms with Gasteiger partial charge in [0.05, 0.1) is 10.6 Å². The van der Waals surface area contributed by atoms with Crippen LogP contribution in [0.2, 0.25) is 5.02 Å². The number of thiophene rings is 1. The van der Waals surface area contributed by atoms with Gasteiger partial charge in [-0.2, -0.15) is 0 Å². The first-order valence-electron chi connectivity index (χ1n) is 9.28. The van der Waals surface area contributed by atoms with Gasteiger partial charge in [-0.25, -0.2) is 4.79 Å². The van der Waals surface area contributed by atoms with E-state index in [1.807, 2.05) is 41.5 Å². The third kappa shape index (κ3) is 5.45. The molecule has 1 aromatic heterocycles. The van der Waals surface area contributed by atoms with Crippen LogP contribution >= 0.6 is 30.2 Å². The Bertz CT molecular complexity index is 1040. The quantitative estimate of drug-likeness (QED) is 0.431. The van der Waals surface area contributed by atoms with Crippen molar-refractivity contribution < 1.29 is 14.5 Å². The zero-order chi connectivity index (χ0) is 22.1. The van der Waals surface area contributed by atoms with E-state index in [1.165, 1.54) is 0 Å². The van der Waals surface area contributed by atoms with Gasteiger partial charge in [-0.15, -0.1) is 11.3 Å². The van der Waals surface area contributed by atoms with Crippen LogP contribution in [-0.2, 0) is 4.57 Å². The Hall–Kier alpha value is -1.73. The van der Waals surface area contributed by atoms with Gasteiger partial charge in [0.1, 0.15) is 4.88 Å². The highest BCUT2D eigenvalue weighted by atomic mass is 35.5. The van der Waals surface area contributed by atoms with Crippen LogP contribution in [0.25, 0.3) is 0 Å². The number of halogens is 1. The summed E-state index contributed by atoms with van der Waals surface area (Å²) in [5, 5.41) is 11.0. The zero-order valence-electron chi connectivity index (χ0n) is 17.8. The molecule has 2 rings (SSSR count). The Labute approximate surface area is 182 Å². The molecule has 7 heteroatoms. The topological polar surface area (TPSA) is 57.6 Å². The van der Waals surface area contributed by atoms with Gasteiger partial charge in [0.2, 0.25) is 0 Å². The van der Waals surface area contributed by atoms with Crippen molar-refractivity contribution in [2.45, 2.75) is 47.6 Å². The number of carboxylic acids is 1. The van der Waals surface area contributed by atoms with Crippen molar-refractivity contribution in [3.63, 3.8) is 0 Å². The Kier molecular flexibility index (Phi) is 6.95. The molecule has 156 valence electrons. The molecule has 0 aliphatic rings. The average Bonchev–Trinajstić information content (AvgIpc) is 2.95. The second kappa shape index (κ2) is 8.56. The fraction of sp³-hybridized carbons (Fsp3) is 0.409. The molecule has 0 saturated heterocycles. The summed E-state index contributed by atoms with van der Waals surface area (Å²) in [6.45, 7) is 13.3. The minimum absolute atomic E-state index is 0.144. The van der Waals surface area contributed by atoms with Crippen LogP contribution in [0.3, 0.4) is 0 Å². The molecule has 0 aliphatic heterocycles. The third-order valence-electron chi connectivity index (χ3n) is 4.22. The summed E-state index contributed by atoms with van der Waals surface area (Å²) in [6.07, 6.45) is 0. The van der Waals surface area contributed by atoms with Crippen LogP contribution < -0.4 is 9.97 Å². The van der Waals surface area contributed by atoms with Crippen LogP contribution in [0.15, 0.2) is 24.3 Å². The van der Waals surface area contributed by atoms with Gasteiger partial charge < -0.3 is 9.78 Å². The average molecular weight is 452 g/mol. The van der Waals surface area contributed by atoms with Gasteiger partial charge in [-0.1, -0.05) is 23.4 Å². The molecule has 0 amide bonds. The van der Waals surface area contributed by atoms with Crippen molar-refractivity contribution in [3.8, 4) is 11.8 Å². The van der Waals surface area contributed by atoms with Crippen molar-refractivity contribution in [1.29, 1.82) is 0 Å². The van der Waals surface area contributed by atoms with Crippen LogP contribution in [0.5, 0.6) is 0 Å². The maximum absolute atomic E-state index is 14.0. The number of benzene rings is 1. The summed E-state index contributed by atoms with van der Waals surface area (Å²) in [5.74, 6) is 5.16. The van der Waals surface area contributed by atoms with E-state index < -0.39 is 13.3 Å². The molecule has 2 aromatic rings. The van der Waals surface area contributed by atoms with Crippen LogP contribution in [0.4, 0.5) is 5.69 Å². The number of carbonyl (C=O) groups is 1. The molecule has 0 aliphatic carbocycles. The highest BCUT2D eigenvalue weighted by molar-refractivity contribution is 7.72. The Balaban J connectivity index is 2.68. The second-order valence-corrected chi connectivity index (χ2v) is 12.5. The zero-order valence-corrected chi connectivity index (χ0v) is 20.3. The molecule has 1 heterocycles. The number of rotatable bonds is 5. The van der Waals surface area contributed by atoms with Crippen molar-refractivity contribution >= 4 is 47.2 Å². The summed E-state index contributed by atoms with van der Waals surface area (Å²) in [6, 6.07) is 6.81. The number of anilines is 1. The fourth-order valence-corrected chi connectivity index (χ4v) is 7.03. The van der Waals surface area contributed by atoms with E-state index in [1.54, 1.807) is 35.6 Å². The highest BCUT2D eigenvalue weighted by Gasteiger charge is 2.35. The lowest BCUT2D eigenvalue weighted by molar-refractivity contribution is 0.0703. The number of hydrogen-bond acceptors (Lipinski definition) is 3. The van der Waals surface area contributed by atoms with Gasteiger partial charge in [-0.3, -0.25) is 4.57 Å². The summed E-state index contributed by atoms with van der Waals surface area (Å²) in [5.41, 5.74) is 1.05. The van der Waals surface area contributed by atoms with Gasteiger partial charge in [-0.05, 0) is 71.4 Å². The van der Waals surface area contributed by atoms with Crippen molar-refractivity contribution in [3.05, 3.63) is 44.6 Å². The van der Waals surface area contributed by atoms with Crippen LogP contribution in [0, 0.1) is 24.2 Å². The molecule has 1 N–H and O–H groups in total. The number of nitrogens with zero attached hydrogens (tertiary/aromatic N) is 1. The minimum Gasteiger partial charge on any atom is -0.477 e. The summed E-state index contributed by atoms with van der Waals surface area (Å²) in [7, 11) is -3.13. The molecular weight excluding hydrogens is 425 g/mol. The summed E-state index contributed by atoms with van der Waals surface area (Å²) in [4.78, 5) is 12.8. The lowest BCUT2D eigenvalue weighted by Crippen LogP contribution is -2.33. The molecule has 0 radical (unpaired) electrons. The number of carboxylic acid groups (broad SMARTS) is 1. The molecule has 4 nitrogen and oxygen atoms in total. The fourth-order valence-electron chi connectivity index (χ4n) is 3.14. The number of aromatic carboxylic acids is 1. The highest BCUT2D eigenvalue weighted by Crippen LogP contribution is 2.52. The number of hydrogen-bond donors (Lipinski definition) is 1. The SMILES string of the molecule is Cc1cc(Cl)ccc1P(C)(=O)N(c1cc(C#CC(C)(C)C)sc1C(=O)O)C(C)C. The van der Waals surface area contributed by atoms with E-state index in [2.05, 4.69) is 11.8 Å². The van der Waals surface area contributed by atoms with E-state index >= 15 is 0 Å². The summed E-state index contributed by atoms with van der Waals surface area (Å²) < 4.78 is 15.8. The van der Waals surface area contributed by atoms with E-state index in [0.717, 1.165) is 16.9 Å². The Morgan fingerprint density at radius 3 is 2.38 bits per heavy atom. The van der Waals surface area contributed by atoms with Gasteiger partial charge >= 0.3 is 5.97 Å². The maximum atomic E-state index is 14.0. The van der Waals surface area contributed by atoms with Gasteiger partial charge in [0.25, 0.3) is 0 Å². The smallest absolute Gasteiger partial charge is 0.348 e. The summed E-state index contributed by atoms with van der Waals surface area (Å²) >= 11 is 7.19. The van der Waals surface area contributed by atoms with Crippen LogP contribution in [-0.4, -0.2) is 23.8 Å². The number of aryl methyl sites for hydroxylation is 1. The monoisotopic (exact) mass is 451 g/mol. The van der Waals surface area contributed by atoms with E-state index in [0.29, 0.717) is 20.9 Å². The van der Waals surface area contributed by atoms with E-state index in [4.69, 9.17) is 11.6 Å². The van der Waals surface area contributed by atoms with Crippen LogP contribution in [0.1, 0.15) is 54.7 Å². The molecule has 0 fully saturated rings. The third-order valence-corrected chi connectivity index (χ3v) is 8.38. The normalized spacial score (nSPS) is 13.6. The minimum atomic E-state index is -3.13. The predicted octanol–water partition coefficient (Wildman–Crippen LogP) is 6.25. The molecule has 29 heavy (non-hydrogen) atoms. The first-order valence-corrected chi connectivity index (χ1v) is 12.6. The Morgan fingerprint density at radius 1 is 1.28 bits per heavy atom. The molecule has 0 saturated carbocycles. The van der Waals surface area contributed by atoms with Gasteiger partial charge in [0.15, 0.2) is 7.29 Å². The molecule has 0 spiro atoms. The lowest BCUT2D eigenvalue weighted by Gasteiger charge is -2.35. The van der Waals surface area contributed by atoms with E-state index in [9.17, 15) is 14.5 Å². The first kappa shape index (κ1) is 23.5. The molecule has 0 bridgehead atoms. The maximum Gasteiger partial charge on any atom is 0.348 e. The second-order valence-electron chi connectivity index (χ2n) is 8.38. The Morgan fingerprint density at radius 2 is 1.90 bits per heavy atom. The first-order chi connectivity index (χ1) is 13.2. The lowest BCUT2D eigenvalue weighted by atomic mass is 9.98. The van der Waals surface area contributed by atoms with Gasteiger partial charge in [0, 0.05) is 28.4 Å². The van der Waals surface area contributed by atoms with Crippen molar-refractivity contribution in [1.82, 2.24) is 0 Å².